The van der Waals surface area contributed by atoms with Crippen LogP contribution < -0.4 is 21.7 Å². The van der Waals surface area contributed by atoms with Crippen LogP contribution in [0.25, 0.3) is 0 Å². The summed E-state index contributed by atoms with van der Waals surface area (Å²) in [6, 6.07) is -4.45. The molecular weight excluding hydrogens is 532 g/mol. The van der Waals surface area contributed by atoms with Crippen molar-refractivity contribution in [1.82, 2.24) is 31.7 Å². The van der Waals surface area contributed by atoms with Gasteiger partial charge in [0.25, 0.3) is 11.8 Å². The molecule has 5 amide bonds. The molecule has 0 aliphatic heterocycles. The monoisotopic (exact) mass is 576 g/mol. The average Bonchev–Trinajstić information content (AvgIpc) is 2.73. The summed E-state index contributed by atoms with van der Waals surface area (Å²) >= 11 is 0. The van der Waals surface area contributed by atoms with Crippen LogP contribution in [0.2, 0.25) is 0 Å². The van der Waals surface area contributed by atoms with E-state index >= 15 is 0 Å². The highest BCUT2D eigenvalue weighted by molar-refractivity contribution is 5.93. The fourth-order valence-electron chi connectivity index (χ4n) is 2.65. The quantitative estimate of drug-likeness (QED) is 0.218. The molecule has 0 bridgehead atoms. The zero-order valence-electron chi connectivity index (χ0n) is 25.2. The van der Waals surface area contributed by atoms with Crippen LogP contribution in [0.4, 0.5) is 14.4 Å². The van der Waals surface area contributed by atoms with Crippen molar-refractivity contribution in [2.75, 3.05) is 0 Å². The first-order valence-electron chi connectivity index (χ1n) is 12.5. The molecule has 230 valence electrons. The number of carbonyl (C=O) groups is 6. The van der Waals surface area contributed by atoms with E-state index in [9.17, 15) is 33.9 Å². The van der Waals surface area contributed by atoms with Crippen LogP contribution >= 0.6 is 0 Å². The topological polar surface area (TPSA) is 205 Å². The first-order valence-corrected chi connectivity index (χ1v) is 12.5. The van der Waals surface area contributed by atoms with E-state index in [0.29, 0.717) is 10.0 Å². The fraction of sp³-hybridized carbons (Fsp3) is 0.750. The number of nitrogens with zero attached hydrogens (tertiary/aromatic N) is 2. The first-order chi connectivity index (χ1) is 17.8. The summed E-state index contributed by atoms with van der Waals surface area (Å²) in [7, 11) is 0. The Bertz CT molecular complexity index is 951. The van der Waals surface area contributed by atoms with Gasteiger partial charge in [-0.1, -0.05) is 0 Å². The van der Waals surface area contributed by atoms with Crippen molar-refractivity contribution in [3.05, 3.63) is 0 Å². The Labute approximate surface area is 234 Å². The lowest BCUT2D eigenvalue weighted by atomic mass is 10.2. The third-order valence-corrected chi connectivity index (χ3v) is 4.35. The molecule has 40 heavy (non-hydrogen) atoms. The lowest BCUT2D eigenvalue weighted by Crippen LogP contribution is -2.65. The Morgan fingerprint density at radius 1 is 0.600 bits per heavy atom. The number of rotatable bonds is 7. The second kappa shape index (κ2) is 14.0. The molecule has 0 unspecified atom stereocenters. The first kappa shape index (κ1) is 36.2. The van der Waals surface area contributed by atoms with Crippen LogP contribution in [-0.4, -0.2) is 86.1 Å². The van der Waals surface area contributed by atoms with Crippen LogP contribution in [0.5, 0.6) is 0 Å². The zero-order chi connectivity index (χ0) is 31.8. The molecule has 0 saturated heterocycles. The molecule has 0 saturated carbocycles. The number of hydrogen-bond acceptors (Lipinski definition) is 10. The van der Waals surface area contributed by atoms with Crippen LogP contribution in [0, 0.1) is 0 Å². The van der Waals surface area contributed by atoms with Gasteiger partial charge in [-0.15, -0.1) is 0 Å². The Kier molecular flexibility index (Phi) is 12.7. The molecule has 0 aliphatic rings. The maximum absolute atomic E-state index is 13.4. The number of carboxylic acids is 1. The molecule has 0 radical (unpaired) electrons. The van der Waals surface area contributed by atoms with Gasteiger partial charge in [0.15, 0.2) is 0 Å². The van der Waals surface area contributed by atoms with Gasteiger partial charge >= 0.3 is 24.2 Å². The summed E-state index contributed by atoms with van der Waals surface area (Å²) in [5.41, 5.74) is 6.09. The lowest BCUT2D eigenvalue weighted by molar-refractivity contribution is -0.158. The van der Waals surface area contributed by atoms with Gasteiger partial charge in [0.2, 0.25) is 0 Å². The van der Waals surface area contributed by atoms with Crippen LogP contribution in [0.15, 0.2) is 0 Å². The summed E-state index contributed by atoms with van der Waals surface area (Å²) in [5.74, 6) is -3.52. The van der Waals surface area contributed by atoms with E-state index < -0.39 is 71.0 Å². The van der Waals surface area contributed by atoms with Crippen LogP contribution in [0.1, 0.15) is 83.1 Å². The maximum Gasteiger partial charge on any atom is 0.426 e. The molecule has 0 heterocycles. The van der Waals surface area contributed by atoms with Crippen molar-refractivity contribution in [1.29, 1.82) is 0 Å². The van der Waals surface area contributed by atoms with E-state index in [4.69, 9.17) is 14.2 Å². The van der Waals surface area contributed by atoms with Gasteiger partial charge < -0.3 is 19.3 Å². The van der Waals surface area contributed by atoms with Crippen molar-refractivity contribution < 1.29 is 48.1 Å². The summed E-state index contributed by atoms with van der Waals surface area (Å²) in [4.78, 5) is 75.4. The second-order valence-corrected chi connectivity index (χ2v) is 11.8. The zero-order valence-corrected chi connectivity index (χ0v) is 25.2. The van der Waals surface area contributed by atoms with E-state index in [-0.39, 0.29) is 0 Å². The van der Waals surface area contributed by atoms with Gasteiger partial charge in [-0.3, -0.25) is 15.0 Å². The molecule has 0 aliphatic carbocycles. The minimum Gasteiger partial charge on any atom is -0.480 e. The highest BCUT2D eigenvalue weighted by Crippen LogP contribution is 2.12. The maximum atomic E-state index is 13.4. The molecule has 0 aromatic rings. The summed E-state index contributed by atoms with van der Waals surface area (Å²) in [5, 5.41) is 10.6. The van der Waals surface area contributed by atoms with Crippen molar-refractivity contribution in [3.63, 3.8) is 0 Å². The number of nitrogens with one attached hydrogen (secondary N) is 4. The van der Waals surface area contributed by atoms with Gasteiger partial charge in [-0.25, -0.2) is 45.5 Å². The smallest absolute Gasteiger partial charge is 0.426 e. The average molecular weight is 577 g/mol. The Balaban J connectivity index is 6.13. The highest BCUT2D eigenvalue weighted by Gasteiger charge is 2.38. The summed E-state index contributed by atoms with van der Waals surface area (Å²) in [6.45, 7) is 17.9. The highest BCUT2D eigenvalue weighted by atomic mass is 16.6. The molecular formula is C24H44N6O10. The van der Waals surface area contributed by atoms with Gasteiger partial charge in [0, 0.05) is 0 Å². The van der Waals surface area contributed by atoms with E-state index in [1.807, 2.05) is 0 Å². The summed E-state index contributed by atoms with van der Waals surface area (Å²) < 4.78 is 15.4. The summed E-state index contributed by atoms with van der Waals surface area (Å²) in [6.07, 6.45) is -3.13. The minimum absolute atomic E-state index is 0.467. The van der Waals surface area contributed by atoms with Gasteiger partial charge in [-0.05, 0) is 83.1 Å². The number of carboxylic acid groups (broad SMARTS) is 1. The third-order valence-electron chi connectivity index (χ3n) is 4.35. The Morgan fingerprint density at radius 3 is 1.30 bits per heavy atom. The second-order valence-electron chi connectivity index (χ2n) is 11.8. The molecule has 16 nitrogen and oxygen atoms in total. The number of hydrogen-bond donors (Lipinski definition) is 5. The largest absolute Gasteiger partial charge is 0.480 e. The van der Waals surface area contributed by atoms with Crippen molar-refractivity contribution in [2.45, 2.75) is 118 Å². The molecule has 0 fully saturated rings. The van der Waals surface area contributed by atoms with Gasteiger partial charge in [0.05, 0.1) is 0 Å². The standard InChI is InChI=1S/C24H44N6O10/c1-13(25-26-19(35)38-22(4,5)6)16(31)29(27-20(36)39-23(7,8)9)14(2)17(32)30(15(3)18(33)34)28-21(37)40-24(10,11)12/h13-15,25H,1-12H3,(H,26,35)(H,27,36)(H,28,37)(H,33,34)/t13-,14-,15-/m0/s1. The normalized spacial score (nSPS) is 14.0. The fourth-order valence-corrected chi connectivity index (χ4v) is 2.65. The Morgan fingerprint density at radius 2 is 0.950 bits per heavy atom. The molecule has 0 spiro atoms. The molecule has 0 aromatic heterocycles. The predicted octanol–water partition coefficient (Wildman–Crippen LogP) is 1.80. The number of hydrazine groups is 3. The molecule has 16 heteroatoms. The number of amides is 5. The number of aliphatic carboxylic acids is 1. The molecule has 3 atom stereocenters. The van der Waals surface area contributed by atoms with E-state index in [0.717, 1.165) is 6.92 Å². The van der Waals surface area contributed by atoms with E-state index in [1.54, 1.807) is 62.3 Å². The van der Waals surface area contributed by atoms with Crippen LogP contribution in [-0.2, 0) is 28.6 Å². The minimum atomic E-state index is -1.61. The van der Waals surface area contributed by atoms with Gasteiger partial charge in [-0.2, -0.15) is 0 Å². The Hall–Kier alpha value is -3.82. The predicted molar refractivity (Wildman–Crippen MR) is 141 cm³/mol. The van der Waals surface area contributed by atoms with Crippen LogP contribution in [0.3, 0.4) is 0 Å². The van der Waals surface area contributed by atoms with Gasteiger partial charge in [0.1, 0.15) is 34.9 Å². The van der Waals surface area contributed by atoms with E-state index in [1.165, 1.54) is 13.8 Å². The van der Waals surface area contributed by atoms with Crippen molar-refractivity contribution >= 4 is 36.1 Å². The molecule has 0 aromatic carbocycles. The molecule has 5 N–H and O–H groups in total. The number of carbonyl (C=O) groups excluding carboxylic acids is 5. The SMILES string of the molecule is C[C@H](NNC(=O)OC(C)(C)C)C(=O)N(NC(=O)OC(C)(C)C)[C@@H](C)C(=O)N(NC(=O)OC(C)(C)C)[C@@H](C)C(=O)O. The van der Waals surface area contributed by atoms with Crippen molar-refractivity contribution in [3.8, 4) is 0 Å². The van der Waals surface area contributed by atoms with E-state index in [2.05, 4.69) is 21.7 Å². The number of ether oxygens (including phenoxy) is 3. The van der Waals surface area contributed by atoms with Crippen molar-refractivity contribution in [2.24, 2.45) is 0 Å². The lowest BCUT2D eigenvalue weighted by Gasteiger charge is -2.35. The third kappa shape index (κ3) is 13.8. The molecule has 0 rings (SSSR count).